The Morgan fingerprint density at radius 1 is 1.22 bits per heavy atom. The molecule has 0 bridgehead atoms. The molecule has 9 heteroatoms. The van der Waals surface area contributed by atoms with E-state index in [0.29, 0.717) is 30.4 Å². The summed E-state index contributed by atoms with van der Waals surface area (Å²) in [5, 5.41) is 8.39. The first-order valence-electron chi connectivity index (χ1n) is 7.93. The van der Waals surface area contributed by atoms with Crippen molar-refractivity contribution in [1.29, 1.82) is 0 Å². The summed E-state index contributed by atoms with van der Waals surface area (Å²) in [6.07, 6.45) is 7.24. The molecule has 2 aromatic rings. The van der Waals surface area contributed by atoms with Crippen LogP contribution in [0.1, 0.15) is 43.8 Å². The summed E-state index contributed by atoms with van der Waals surface area (Å²) >= 11 is 0. The van der Waals surface area contributed by atoms with Crippen LogP contribution in [-0.2, 0) is 16.6 Å². The average Bonchev–Trinajstić information content (AvgIpc) is 3.19. The Morgan fingerprint density at radius 3 is 2.78 bits per heavy atom. The number of fused-ring (bicyclic) bond motifs is 1. The van der Waals surface area contributed by atoms with Gasteiger partial charge in [0.15, 0.2) is 10.9 Å². The van der Waals surface area contributed by atoms with Crippen LogP contribution in [0.15, 0.2) is 15.7 Å². The Morgan fingerprint density at radius 2 is 2.00 bits per heavy atom. The predicted molar refractivity (Wildman–Crippen MR) is 81.2 cm³/mol. The zero-order valence-corrected chi connectivity index (χ0v) is 13.8. The summed E-state index contributed by atoms with van der Waals surface area (Å²) in [4.78, 5) is 4.46. The van der Waals surface area contributed by atoms with Crippen molar-refractivity contribution in [3.63, 3.8) is 0 Å². The molecule has 1 aliphatic heterocycles. The maximum atomic E-state index is 12.5. The lowest BCUT2D eigenvalue weighted by molar-refractivity contribution is 0.377. The van der Waals surface area contributed by atoms with Gasteiger partial charge in [-0.1, -0.05) is 24.4 Å². The number of rotatable bonds is 2. The molecule has 3 heterocycles. The quantitative estimate of drug-likeness (QED) is 0.826. The lowest BCUT2D eigenvalue weighted by Crippen LogP contribution is -2.37. The van der Waals surface area contributed by atoms with Gasteiger partial charge in [0, 0.05) is 19.5 Å². The van der Waals surface area contributed by atoms with Crippen molar-refractivity contribution < 1.29 is 12.9 Å². The molecular formula is C14H19N5O3S. The highest BCUT2D eigenvalue weighted by Crippen LogP contribution is 2.34. The van der Waals surface area contributed by atoms with Gasteiger partial charge < -0.3 is 4.52 Å². The van der Waals surface area contributed by atoms with Crippen molar-refractivity contribution in [3.05, 3.63) is 12.0 Å². The van der Waals surface area contributed by atoms with Crippen LogP contribution >= 0.6 is 0 Å². The highest BCUT2D eigenvalue weighted by Gasteiger charge is 2.35. The summed E-state index contributed by atoms with van der Waals surface area (Å²) in [5.41, 5.74) is 0.395. The van der Waals surface area contributed by atoms with Crippen molar-refractivity contribution >= 4 is 10.0 Å². The molecule has 1 fully saturated rings. The molecule has 0 amide bonds. The maximum absolute atomic E-state index is 12.5. The zero-order chi connectivity index (χ0) is 16.0. The molecule has 0 N–H and O–H groups in total. The van der Waals surface area contributed by atoms with Crippen molar-refractivity contribution in [2.45, 2.75) is 49.6 Å². The largest absolute Gasteiger partial charge is 0.334 e. The molecule has 0 radical (unpaired) electrons. The number of hydrogen-bond acceptors (Lipinski definition) is 6. The molecule has 2 aromatic heterocycles. The van der Waals surface area contributed by atoms with Crippen LogP contribution in [0.4, 0.5) is 0 Å². The van der Waals surface area contributed by atoms with Gasteiger partial charge in [0.25, 0.3) is 15.9 Å². The van der Waals surface area contributed by atoms with Crippen molar-refractivity contribution in [2.24, 2.45) is 0 Å². The molecule has 0 aromatic carbocycles. The van der Waals surface area contributed by atoms with Gasteiger partial charge in [0.05, 0.1) is 18.3 Å². The van der Waals surface area contributed by atoms with Gasteiger partial charge in [-0.05, 0) is 12.8 Å². The number of sulfonamides is 1. The van der Waals surface area contributed by atoms with E-state index in [1.165, 1.54) is 34.4 Å². The lowest BCUT2D eigenvalue weighted by atomic mass is 9.89. The van der Waals surface area contributed by atoms with E-state index >= 15 is 0 Å². The molecule has 8 nitrogen and oxygen atoms in total. The fourth-order valence-corrected chi connectivity index (χ4v) is 4.77. The van der Waals surface area contributed by atoms with E-state index in [-0.39, 0.29) is 10.9 Å². The second kappa shape index (κ2) is 5.41. The normalized spacial score (nSPS) is 22.1. The Kier molecular flexibility index (Phi) is 3.49. The second-order valence-corrected chi connectivity index (χ2v) is 8.17. The van der Waals surface area contributed by atoms with Crippen LogP contribution in [-0.4, -0.2) is 46.2 Å². The molecule has 0 unspecified atom stereocenters. The first-order chi connectivity index (χ1) is 11.1. The van der Waals surface area contributed by atoms with Gasteiger partial charge in [-0.25, -0.2) is 8.42 Å². The Bertz CT molecular complexity index is 819. The molecular weight excluding hydrogens is 318 g/mol. The first-order valence-corrected chi connectivity index (χ1v) is 9.37. The topological polar surface area (TPSA) is 94.1 Å². The van der Waals surface area contributed by atoms with Gasteiger partial charge in [-0.2, -0.15) is 14.4 Å². The van der Waals surface area contributed by atoms with E-state index in [0.717, 1.165) is 12.8 Å². The van der Waals surface area contributed by atoms with Crippen LogP contribution in [0.25, 0.3) is 11.5 Å². The smallest absolute Gasteiger partial charge is 0.262 e. The van der Waals surface area contributed by atoms with Crippen LogP contribution in [0, 0.1) is 0 Å². The predicted octanol–water partition coefficient (Wildman–Crippen LogP) is 1.61. The number of likely N-dealkylation sites (N-methyl/N-ethyl adjacent to an activating group) is 1. The van der Waals surface area contributed by atoms with E-state index in [1.807, 2.05) is 0 Å². The van der Waals surface area contributed by atoms with E-state index in [9.17, 15) is 8.42 Å². The molecule has 23 heavy (non-hydrogen) atoms. The van der Waals surface area contributed by atoms with Crippen molar-refractivity contribution in [1.82, 2.24) is 24.2 Å². The third kappa shape index (κ3) is 2.38. The minimum atomic E-state index is -3.57. The first kappa shape index (κ1) is 14.8. The van der Waals surface area contributed by atoms with E-state index in [2.05, 4.69) is 15.2 Å². The van der Waals surface area contributed by atoms with Gasteiger partial charge in [0.1, 0.15) is 0 Å². The third-order valence-corrected chi connectivity index (χ3v) is 6.64. The fourth-order valence-electron chi connectivity index (χ4n) is 3.33. The van der Waals surface area contributed by atoms with Crippen LogP contribution in [0.2, 0.25) is 0 Å². The van der Waals surface area contributed by atoms with Crippen molar-refractivity contribution in [2.75, 3.05) is 13.6 Å². The summed E-state index contributed by atoms with van der Waals surface area (Å²) in [7, 11) is -2.00. The minimum absolute atomic E-state index is 0.144. The second-order valence-electron chi connectivity index (χ2n) is 6.21. The SMILES string of the molecule is CN1CCn2ncc(-c3nc(C4CCCCC4)no3)c2S1(=O)=O. The average molecular weight is 337 g/mol. The van der Waals surface area contributed by atoms with Crippen LogP contribution < -0.4 is 0 Å². The molecule has 4 rings (SSSR count). The third-order valence-electron chi connectivity index (χ3n) is 4.71. The molecule has 2 aliphatic rings. The van der Waals surface area contributed by atoms with Gasteiger partial charge in [-0.3, -0.25) is 4.68 Å². The summed E-state index contributed by atoms with van der Waals surface area (Å²) < 4.78 is 33.3. The molecule has 1 saturated carbocycles. The summed E-state index contributed by atoms with van der Waals surface area (Å²) in [5.74, 6) is 1.24. The zero-order valence-electron chi connectivity index (χ0n) is 13.0. The summed E-state index contributed by atoms with van der Waals surface area (Å²) in [6.45, 7) is 0.933. The monoisotopic (exact) mass is 337 g/mol. The van der Waals surface area contributed by atoms with Gasteiger partial charge in [0.2, 0.25) is 0 Å². The van der Waals surface area contributed by atoms with E-state index in [4.69, 9.17) is 4.52 Å². The fraction of sp³-hybridized carbons (Fsp3) is 0.643. The van der Waals surface area contributed by atoms with Crippen LogP contribution in [0.3, 0.4) is 0 Å². The highest BCUT2D eigenvalue weighted by molar-refractivity contribution is 7.89. The van der Waals surface area contributed by atoms with E-state index in [1.54, 1.807) is 7.05 Å². The standard InChI is InChI=1S/C14H19N5O3S/c1-18-7-8-19-14(23(18,20)21)11(9-15-19)13-16-12(17-22-13)10-5-3-2-4-6-10/h9-10H,2-8H2,1H3. The van der Waals surface area contributed by atoms with Crippen LogP contribution in [0.5, 0.6) is 0 Å². The lowest BCUT2D eigenvalue weighted by Gasteiger charge is -2.23. The molecule has 124 valence electrons. The Labute approximate surface area is 134 Å². The van der Waals surface area contributed by atoms with E-state index < -0.39 is 10.0 Å². The Hall–Kier alpha value is -1.74. The number of nitrogens with zero attached hydrogens (tertiary/aromatic N) is 5. The minimum Gasteiger partial charge on any atom is -0.334 e. The highest BCUT2D eigenvalue weighted by atomic mass is 32.2. The Balaban J connectivity index is 1.73. The maximum Gasteiger partial charge on any atom is 0.262 e. The van der Waals surface area contributed by atoms with Crippen molar-refractivity contribution in [3.8, 4) is 11.5 Å². The summed E-state index contributed by atoms with van der Waals surface area (Å²) in [6, 6.07) is 0. The number of aromatic nitrogens is 4. The number of hydrogen-bond donors (Lipinski definition) is 0. The molecule has 0 atom stereocenters. The molecule has 0 spiro atoms. The van der Waals surface area contributed by atoms with Gasteiger partial charge in [-0.15, -0.1) is 0 Å². The molecule has 1 aliphatic carbocycles. The van der Waals surface area contributed by atoms with Gasteiger partial charge >= 0.3 is 0 Å². The molecule has 0 saturated heterocycles.